The van der Waals surface area contributed by atoms with Gasteiger partial charge in [0, 0.05) is 20.9 Å². The Morgan fingerprint density at radius 1 is 1.14 bits per heavy atom. The van der Waals surface area contributed by atoms with Crippen molar-refractivity contribution in [2.24, 2.45) is 0 Å². The molecule has 0 aliphatic carbocycles. The fourth-order valence-corrected chi connectivity index (χ4v) is 2.32. The molecular weight excluding hydrogens is 192 g/mol. The molecule has 0 fully saturated rings. The number of hydrogen-bond donors (Lipinski definition) is 0. The number of aryl methyl sites for hydroxylation is 1. The third kappa shape index (κ3) is 1.61. The molecule has 0 saturated heterocycles. The van der Waals surface area contributed by atoms with E-state index in [2.05, 4.69) is 19.1 Å². The minimum atomic E-state index is 0.759. The number of carbonyl (C=O) groups excluding carboxylic acids is 1. The fourth-order valence-electron chi connectivity index (χ4n) is 1.40. The Labute approximate surface area is 87.0 Å². The van der Waals surface area contributed by atoms with Gasteiger partial charge in [-0.15, -0.1) is 11.3 Å². The molecule has 1 nitrogen and oxygen atoms in total. The third-order valence-electron chi connectivity index (χ3n) is 2.09. The second kappa shape index (κ2) is 3.76. The van der Waals surface area contributed by atoms with Crippen molar-refractivity contribution in [2.75, 3.05) is 0 Å². The number of rotatable bonds is 2. The van der Waals surface area contributed by atoms with Crippen LogP contribution in [0.4, 0.5) is 0 Å². The van der Waals surface area contributed by atoms with Crippen molar-refractivity contribution in [3.63, 3.8) is 0 Å². The van der Waals surface area contributed by atoms with Crippen molar-refractivity contribution in [2.45, 2.75) is 6.92 Å². The molecule has 0 aliphatic rings. The van der Waals surface area contributed by atoms with Gasteiger partial charge in [-0.1, -0.05) is 24.3 Å². The first-order valence-corrected chi connectivity index (χ1v) is 5.24. The molecule has 0 saturated carbocycles. The van der Waals surface area contributed by atoms with Gasteiger partial charge >= 0.3 is 0 Å². The maximum Gasteiger partial charge on any atom is 0.150 e. The van der Waals surface area contributed by atoms with E-state index in [1.165, 1.54) is 4.88 Å². The molecule has 0 unspecified atom stereocenters. The molecule has 0 N–H and O–H groups in total. The fraction of sp³-hybridized carbons (Fsp3) is 0.0833. The van der Waals surface area contributed by atoms with E-state index in [1.807, 2.05) is 24.3 Å². The molecule has 0 aliphatic heterocycles. The zero-order chi connectivity index (χ0) is 9.97. The summed E-state index contributed by atoms with van der Waals surface area (Å²) in [7, 11) is 0. The Morgan fingerprint density at radius 2 is 1.93 bits per heavy atom. The van der Waals surface area contributed by atoms with E-state index in [9.17, 15) is 4.79 Å². The summed E-state index contributed by atoms with van der Waals surface area (Å²) < 4.78 is 0. The number of thiophene rings is 1. The molecule has 14 heavy (non-hydrogen) atoms. The quantitative estimate of drug-likeness (QED) is 0.681. The molecule has 1 aromatic carbocycles. The summed E-state index contributed by atoms with van der Waals surface area (Å²) >= 11 is 1.71. The number of carbonyl (C=O) groups is 1. The molecule has 2 rings (SSSR count). The van der Waals surface area contributed by atoms with Crippen molar-refractivity contribution >= 4 is 17.6 Å². The van der Waals surface area contributed by atoms with Gasteiger partial charge in [-0.2, -0.15) is 0 Å². The van der Waals surface area contributed by atoms with Crippen LogP contribution < -0.4 is 0 Å². The summed E-state index contributed by atoms with van der Waals surface area (Å²) in [4.78, 5) is 13.2. The lowest BCUT2D eigenvalue weighted by molar-refractivity contribution is 0.112. The molecule has 1 aromatic heterocycles. The topological polar surface area (TPSA) is 17.1 Å². The summed E-state index contributed by atoms with van der Waals surface area (Å²) in [5.74, 6) is 0. The van der Waals surface area contributed by atoms with E-state index in [4.69, 9.17) is 0 Å². The molecule has 0 radical (unpaired) electrons. The van der Waals surface area contributed by atoms with Crippen molar-refractivity contribution in [3.8, 4) is 10.4 Å². The van der Waals surface area contributed by atoms with Crippen LogP contribution in [0.5, 0.6) is 0 Å². The van der Waals surface area contributed by atoms with E-state index < -0.39 is 0 Å². The molecule has 1 heterocycles. The third-order valence-corrected chi connectivity index (χ3v) is 3.13. The van der Waals surface area contributed by atoms with Crippen LogP contribution in [-0.4, -0.2) is 6.29 Å². The van der Waals surface area contributed by atoms with Gasteiger partial charge in [0.05, 0.1) is 0 Å². The van der Waals surface area contributed by atoms with Crippen LogP contribution in [0.2, 0.25) is 0 Å². The van der Waals surface area contributed by atoms with Crippen LogP contribution in [0, 0.1) is 6.92 Å². The van der Waals surface area contributed by atoms with Gasteiger partial charge in [-0.05, 0) is 19.1 Å². The first kappa shape index (κ1) is 9.16. The van der Waals surface area contributed by atoms with E-state index in [0.717, 1.165) is 22.3 Å². The predicted molar refractivity (Wildman–Crippen MR) is 59.9 cm³/mol. The van der Waals surface area contributed by atoms with Gasteiger partial charge in [0.15, 0.2) is 6.29 Å². The Morgan fingerprint density at radius 3 is 2.57 bits per heavy atom. The van der Waals surface area contributed by atoms with Gasteiger partial charge in [0.2, 0.25) is 0 Å². The highest BCUT2D eigenvalue weighted by molar-refractivity contribution is 7.15. The highest BCUT2D eigenvalue weighted by Crippen LogP contribution is 2.29. The molecule has 2 aromatic rings. The van der Waals surface area contributed by atoms with Crippen LogP contribution >= 0.6 is 11.3 Å². The maximum atomic E-state index is 10.8. The first-order chi connectivity index (χ1) is 6.81. The summed E-state index contributed by atoms with van der Waals surface area (Å²) in [6, 6.07) is 11.8. The molecule has 0 spiro atoms. The average molecular weight is 202 g/mol. The lowest BCUT2D eigenvalue weighted by Gasteiger charge is -1.99. The van der Waals surface area contributed by atoms with E-state index in [1.54, 1.807) is 11.3 Å². The zero-order valence-corrected chi connectivity index (χ0v) is 8.67. The van der Waals surface area contributed by atoms with E-state index in [0.29, 0.717) is 0 Å². The summed E-state index contributed by atoms with van der Waals surface area (Å²) in [6.45, 7) is 2.07. The number of aldehydes is 1. The molecular formula is C12H10OS. The molecule has 0 bridgehead atoms. The largest absolute Gasteiger partial charge is 0.298 e. The molecule has 0 atom stereocenters. The summed E-state index contributed by atoms with van der Waals surface area (Å²) in [5, 5.41) is 0. The average Bonchev–Trinajstić information content (AvgIpc) is 2.65. The normalized spacial score (nSPS) is 10.1. The zero-order valence-electron chi connectivity index (χ0n) is 7.86. The van der Waals surface area contributed by atoms with Crippen molar-refractivity contribution in [1.29, 1.82) is 0 Å². The van der Waals surface area contributed by atoms with Crippen LogP contribution in [0.25, 0.3) is 10.4 Å². The molecule has 70 valence electrons. The SMILES string of the molecule is Cc1ccc(-c2ccccc2C=O)s1. The first-order valence-electron chi connectivity index (χ1n) is 4.42. The Kier molecular flexibility index (Phi) is 2.46. The standard InChI is InChI=1S/C12H10OS/c1-9-6-7-12(14-9)11-5-3-2-4-10(11)8-13/h2-8H,1H3. The van der Waals surface area contributed by atoms with Gasteiger partial charge in [0.1, 0.15) is 0 Å². The highest BCUT2D eigenvalue weighted by atomic mass is 32.1. The second-order valence-corrected chi connectivity index (χ2v) is 4.40. The van der Waals surface area contributed by atoms with E-state index >= 15 is 0 Å². The predicted octanol–water partition coefficient (Wildman–Crippen LogP) is 3.54. The smallest absolute Gasteiger partial charge is 0.150 e. The number of benzene rings is 1. The van der Waals surface area contributed by atoms with Gasteiger partial charge < -0.3 is 0 Å². The second-order valence-electron chi connectivity index (χ2n) is 3.12. The van der Waals surface area contributed by atoms with Crippen molar-refractivity contribution in [1.82, 2.24) is 0 Å². The van der Waals surface area contributed by atoms with Gasteiger partial charge in [-0.3, -0.25) is 4.79 Å². The van der Waals surface area contributed by atoms with Crippen LogP contribution in [0.3, 0.4) is 0 Å². The molecule has 2 heteroatoms. The highest BCUT2D eigenvalue weighted by Gasteiger charge is 2.04. The monoisotopic (exact) mass is 202 g/mol. The van der Waals surface area contributed by atoms with Crippen molar-refractivity contribution < 1.29 is 4.79 Å². The Bertz CT molecular complexity index is 457. The molecule has 0 amide bonds. The lowest BCUT2D eigenvalue weighted by Crippen LogP contribution is -1.83. The van der Waals surface area contributed by atoms with E-state index in [-0.39, 0.29) is 0 Å². The minimum absolute atomic E-state index is 0.759. The van der Waals surface area contributed by atoms with Crippen LogP contribution in [0.15, 0.2) is 36.4 Å². The summed E-state index contributed by atoms with van der Waals surface area (Å²) in [6.07, 6.45) is 0.907. The lowest BCUT2D eigenvalue weighted by atomic mass is 10.1. The minimum Gasteiger partial charge on any atom is -0.298 e. The summed E-state index contributed by atoms with van der Waals surface area (Å²) in [5.41, 5.74) is 1.79. The number of hydrogen-bond acceptors (Lipinski definition) is 2. The maximum absolute atomic E-state index is 10.8. The van der Waals surface area contributed by atoms with Crippen LogP contribution in [-0.2, 0) is 0 Å². The Hall–Kier alpha value is -1.41. The van der Waals surface area contributed by atoms with Crippen molar-refractivity contribution in [3.05, 3.63) is 46.8 Å². The van der Waals surface area contributed by atoms with Gasteiger partial charge in [-0.25, -0.2) is 0 Å². The van der Waals surface area contributed by atoms with Gasteiger partial charge in [0.25, 0.3) is 0 Å². The Balaban J connectivity index is 2.55. The van der Waals surface area contributed by atoms with Crippen LogP contribution in [0.1, 0.15) is 15.2 Å².